The van der Waals surface area contributed by atoms with E-state index in [0.29, 0.717) is 6.04 Å². The normalized spacial score (nSPS) is 19.3. The van der Waals surface area contributed by atoms with Gasteiger partial charge in [-0.2, -0.15) is 0 Å². The van der Waals surface area contributed by atoms with Gasteiger partial charge in [-0.05, 0) is 57.8 Å². The second-order valence-corrected chi connectivity index (χ2v) is 9.46. The summed E-state index contributed by atoms with van der Waals surface area (Å²) in [6.07, 6.45) is 8.45. The van der Waals surface area contributed by atoms with Crippen LogP contribution in [0.2, 0.25) is 0 Å². The van der Waals surface area contributed by atoms with Crippen LogP contribution in [-0.2, 0) is 11.3 Å². The Kier molecular flexibility index (Phi) is 6.87. The van der Waals surface area contributed by atoms with Crippen LogP contribution in [0.3, 0.4) is 0 Å². The monoisotopic (exact) mass is 413 g/mol. The van der Waals surface area contributed by atoms with Gasteiger partial charge in [-0.1, -0.05) is 49.2 Å². The summed E-state index contributed by atoms with van der Waals surface area (Å²) in [5, 5.41) is 12.8. The van der Waals surface area contributed by atoms with Crippen LogP contribution in [0, 0.1) is 0 Å². The first-order valence-electron chi connectivity index (χ1n) is 10.9. The smallest absolute Gasteiger partial charge is 0.233 e. The van der Waals surface area contributed by atoms with Gasteiger partial charge < -0.3 is 5.32 Å². The molecule has 7 heteroatoms. The zero-order valence-corrected chi connectivity index (χ0v) is 18.0. The number of likely N-dealkylation sites (tertiary alicyclic amines) is 1. The van der Waals surface area contributed by atoms with E-state index in [1.165, 1.54) is 43.9 Å². The Morgan fingerprint density at radius 2 is 1.83 bits per heavy atom. The molecule has 2 aromatic rings. The SMILES string of the molecule is CC(Sc1nnc(CN2CCCCC2)n1-c1ccccc1)C(=O)NC1CCCC1. The van der Waals surface area contributed by atoms with Crippen LogP contribution in [0.25, 0.3) is 5.69 Å². The highest BCUT2D eigenvalue weighted by Crippen LogP contribution is 2.27. The second-order valence-electron chi connectivity index (χ2n) is 8.16. The van der Waals surface area contributed by atoms with Gasteiger partial charge in [-0.15, -0.1) is 10.2 Å². The molecule has 1 N–H and O–H groups in total. The molecule has 1 unspecified atom stereocenters. The molecule has 0 spiro atoms. The maximum absolute atomic E-state index is 12.7. The summed E-state index contributed by atoms with van der Waals surface area (Å²) >= 11 is 1.50. The van der Waals surface area contributed by atoms with Gasteiger partial charge in [0.25, 0.3) is 0 Å². The van der Waals surface area contributed by atoms with E-state index in [2.05, 4.69) is 37.1 Å². The Bertz CT molecular complexity index is 797. The van der Waals surface area contributed by atoms with Crippen LogP contribution in [0.5, 0.6) is 0 Å². The van der Waals surface area contributed by atoms with Gasteiger partial charge in [0.2, 0.25) is 5.91 Å². The Balaban J connectivity index is 1.51. The van der Waals surface area contributed by atoms with Crippen molar-refractivity contribution >= 4 is 17.7 Å². The van der Waals surface area contributed by atoms with Crippen LogP contribution in [0.1, 0.15) is 57.7 Å². The number of rotatable bonds is 7. The third kappa shape index (κ3) is 5.20. The van der Waals surface area contributed by atoms with E-state index in [4.69, 9.17) is 0 Å². The number of carbonyl (C=O) groups excluding carboxylic acids is 1. The highest BCUT2D eigenvalue weighted by molar-refractivity contribution is 8.00. The van der Waals surface area contributed by atoms with Crippen LogP contribution < -0.4 is 5.32 Å². The van der Waals surface area contributed by atoms with Crippen LogP contribution >= 0.6 is 11.8 Å². The first kappa shape index (κ1) is 20.4. The van der Waals surface area contributed by atoms with E-state index < -0.39 is 0 Å². The highest BCUT2D eigenvalue weighted by atomic mass is 32.2. The van der Waals surface area contributed by atoms with Gasteiger partial charge in [-0.25, -0.2) is 0 Å². The molecule has 1 aromatic heterocycles. The lowest BCUT2D eigenvalue weighted by molar-refractivity contribution is -0.120. The molecule has 1 atom stereocenters. The summed E-state index contributed by atoms with van der Waals surface area (Å²) < 4.78 is 2.12. The summed E-state index contributed by atoms with van der Waals surface area (Å²) in [7, 11) is 0. The maximum atomic E-state index is 12.7. The molecule has 1 aromatic carbocycles. The minimum atomic E-state index is -0.204. The van der Waals surface area contributed by atoms with Gasteiger partial charge in [0.1, 0.15) is 0 Å². The number of nitrogens with zero attached hydrogens (tertiary/aromatic N) is 4. The summed E-state index contributed by atoms with van der Waals surface area (Å²) in [5.41, 5.74) is 1.05. The molecule has 156 valence electrons. The van der Waals surface area contributed by atoms with E-state index in [0.717, 1.165) is 49.1 Å². The molecule has 29 heavy (non-hydrogen) atoms. The second kappa shape index (κ2) is 9.76. The molecule has 4 rings (SSSR count). The fraction of sp³-hybridized carbons (Fsp3) is 0.591. The number of hydrogen-bond acceptors (Lipinski definition) is 5. The van der Waals surface area contributed by atoms with Crippen LogP contribution in [0.4, 0.5) is 0 Å². The van der Waals surface area contributed by atoms with Crippen molar-refractivity contribution in [3.63, 3.8) is 0 Å². The molecule has 2 aliphatic rings. The molecule has 1 saturated heterocycles. The minimum absolute atomic E-state index is 0.0992. The number of aromatic nitrogens is 3. The fourth-order valence-corrected chi connectivity index (χ4v) is 5.13. The van der Waals surface area contributed by atoms with Crippen molar-refractivity contribution in [2.45, 2.75) is 74.9 Å². The largest absolute Gasteiger partial charge is 0.352 e. The van der Waals surface area contributed by atoms with Crippen molar-refractivity contribution in [3.05, 3.63) is 36.2 Å². The zero-order valence-electron chi connectivity index (χ0n) is 17.2. The number of benzene rings is 1. The van der Waals surface area contributed by atoms with Crippen molar-refractivity contribution in [1.29, 1.82) is 0 Å². The maximum Gasteiger partial charge on any atom is 0.233 e. The molecule has 1 saturated carbocycles. The van der Waals surface area contributed by atoms with Gasteiger partial charge in [0.05, 0.1) is 11.8 Å². The number of hydrogen-bond donors (Lipinski definition) is 1. The predicted octanol–water partition coefficient (Wildman–Crippen LogP) is 3.79. The Hall–Kier alpha value is -1.86. The molecule has 2 heterocycles. The van der Waals surface area contributed by atoms with Gasteiger partial charge in [-0.3, -0.25) is 14.3 Å². The number of para-hydroxylation sites is 1. The van der Waals surface area contributed by atoms with Gasteiger partial charge in [0, 0.05) is 11.7 Å². The Morgan fingerprint density at radius 3 is 2.55 bits per heavy atom. The average Bonchev–Trinajstić information content (AvgIpc) is 3.39. The first-order valence-corrected chi connectivity index (χ1v) is 11.8. The summed E-state index contributed by atoms with van der Waals surface area (Å²) in [6.45, 7) is 4.99. The fourth-order valence-electron chi connectivity index (χ4n) is 4.23. The van der Waals surface area contributed by atoms with Crippen LogP contribution in [-0.4, -0.2) is 50.0 Å². The molecule has 6 nitrogen and oxygen atoms in total. The number of nitrogens with one attached hydrogen (secondary N) is 1. The lowest BCUT2D eigenvalue weighted by Gasteiger charge is -2.26. The third-order valence-electron chi connectivity index (χ3n) is 5.88. The molecule has 1 aliphatic heterocycles. The number of carbonyl (C=O) groups is 1. The van der Waals surface area contributed by atoms with E-state index in [-0.39, 0.29) is 11.2 Å². The van der Waals surface area contributed by atoms with Crippen molar-refractivity contribution < 1.29 is 4.79 Å². The number of piperidine rings is 1. The predicted molar refractivity (Wildman–Crippen MR) is 116 cm³/mol. The summed E-state index contributed by atoms with van der Waals surface area (Å²) in [5.74, 6) is 1.05. The topological polar surface area (TPSA) is 63.1 Å². The minimum Gasteiger partial charge on any atom is -0.352 e. The standard InChI is InChI=1S/C22H31N5OS/c1-17(21(28)23-18-10-6-7-11-18)29-22-25-24-20(16-26-14-8-3-9-15-26)27(22)19-12-4-2-5-13-19/h2,4-5,12-13,17-18H,3,6-11,14-16H2,1H3,(H,23,28). The molecule has 0 radical (unpaired) electrons. The number of amides is 1. The Morgan fingerprint density at radius 1 is 1.10 bits per heavy atom. The highest BCUT2D eigenvalue weighted by Gasteiger charge is 2.25. The molecule has 1 aliphatic carbocycles. The van der Waals surface area contributed by atoms with E-state index >= 15 is 0 Å². The van der Waals surface area contributed by atoms with Crippen molar-refractivity contribution in [3.8, 4) is 5.69 Å². The molecular weight excluding hydrogens is 382 g/mol. The van der Waals surface area contributed by atoms with E-state index in [9.17, 15) is 4.79 Å². The van der Waals surface area contributed by atoms with Crippen molar-refractivity contribution in [2.75, 3.05) is 13.1 Å². The summed E-state index contributed by atoms with van der Waals surface area (Å²) in [4.78, 5) is 15.1. The Labute approximate surface area is 177 Å². The average molecular weight is 414 g/mol. The molecular formula is C22H31N5OS. The molecule has 0 bridgehead atoms. The third-order valence-corrected chi connectivity index (χ3v) is 6.92. The van der Waals surface area contributed by atoms with E-state index in [1.807, 2.05) is 25.1 Å². The van der Waals surface area contributed by atoms with Gasteiger partial charge in [0.15, 0.2) is 11.0 Å². The molecule has 1 amide bonds. The van der Waals surface area contributed by atoms with Crippen molar-refractivity contribution in [1.82, 2.24) is 25.0 Å². The zero-order chi connectivity index (χ0) is 20.1. The quantitative estimate of drug-likeness (QED) is 0.700. The first-order chi connectivity index (χ1) is 14.2. The number of thioether (sulfide) groups is 1. The lowest BCUT2D eigenvalue weighted by atomic mass is 10.1. The lowest BCUT2D eigenvalue weighted by Crippen LogP contribution is -2.37. The summed E-state index contributed by atoms with van der Waals surface area (Å²) in [6, 6.07) is 10.6. The van der Waals surface area contributed by atoms with Crippen molar-refractivity contribution in [2.24, 2.45) is 0 Å². The molecule has 2 fully saturated rings. The van der Waals surface area contributed by atoms with Gasteiger partial charge >= 0.3 is 0 Å². The van der Waals surface area contributed by atoms with E-state index in [1.54, 1.807) is 0 Å². The van der Waals surface area contributed by atoms with Crippen LogP contribution in [0.15, 0.2) is 35.5 Å².